The molecule has 0 spiro atoms. The molecule has 0 aromatic heterocycles. The SMILES string of the molecule is CCCCCc1ccc(OC(CC)C(=O)Nc2ccc(Cl)c(NC(=O)C(C(=O)C(C)(C)C)N3C(=O)OC(CCC)(CCC)C3=O)c2)c(CCCCC)c1. The van der Waals surface area contributed by atoms with Crippen molar-refractivity contribution in [2.24, 2.45) is 5.41 Å². The number of unbranched alkanes of at least 4 members (excludes halogenated alkanes) is 4. The summed E-state index contributed by atoms with van der Waals surface area (Å²) in [6.07, 6.45) is 8.78. The van der Waals surface area contributed by atoms with Crippen LogP contribution >= 0.6 is 11.6 Å². The van der Waals surface area contributed by atoms with E-state index in [9.17, 15) is 24.0 Å². The number of carbonyl (C=O) groups excluding carboxylic acids is 5. The maximum Gasteiger partial charge on any atom is 0.418 e. The van der Waals surface area contributed by atoms with Crippen molar-refractivity contribution in [3.05, 3.63) is 52.5 Å². The van der Waals surface area contributed by atoms with Crippen molar-refractivity contribution in [1.82, 2.24) is 4.90 Å². The lowest BCUT2D eigenvalue weighted by molar-refractivity contribution is -0.147. The second-order valence-electron chi connectivity index (χ2n) is 15.1. The molecule has 2 N–H and O–H groups in total. The van der Waals surface area contributed by atoms with E-state index in [4.69, 9.17) is 21.1 Å². The first-order valence-corrected chi connectivity index (χ1v) is 19.8. The van der Waals surface area contributed by atoms with E-state index in [0.717, 1.165) is 50.5 Å². The van der Waals surface area contributed by atoms with Gasteiger partial charge in [0.15, 0.2) is 23.5 Å². The predicted octanol–water partition coefficient (Wildman–Crippen LogP) is 9.84. The number of ether oxygens (including phenoxy) is 2. The Morgan fingerprint density at radius 3 is 2.06 bits per heavy atom. The van der Waals surface area contributed by atoms with Crippen LogP contribution in [0.15, 0.2) is 36.4 Å². The van der Waals surface area contributed by atoms with E-state index in [-0.39, 0.29) is 29.5 Å². The fraction of sp³-hybridized carbons (Fsp3) is 0.595. The van der Waals surface area contributed by atoms with E-state index < -0.39 is 46.9 Å². The zero-order valence-corrected chi connectivity index (χ0v) is 33.8. The van der Waals surface area contributed by atoms with Gasteiger partial charge in [-0.25, -0.2) is 9.69 Å². The molecular formula is C42H60ClN3O7. The van der Waals surface area contributed by atoms with Gasteiger partial charge in [0.25, 0.3) is 17.7 Å². The lowest BCUT2D eigenvalue weighted by Crippen LogP contribution is -2.56. The van der Waals surface area contributed by atoms with Gasteiger partial charge in [0.2, 0.25) is 0 Å². The highest BCUT2D eigenvalue weighted by molar-refractivity contribution is 6.34. The topological polar surface area (TPSA) is 131 Å². The largest absolute Gasteiger partial charge is 0.480 e. The number of rotatable bonds is 21. The lowest BCUT2D eigenvalue weighted by Gasteiger charge is -2.29. The second-order valence-corrected chi connectivity index (χ2v) is 15.5. The smallest absolute Gasteiger partial charge is 0.418 e. The molecule has 1 aliphatic heterocycles. The van der Waals surface area contributed by atoms with E-state index in [1.807, 2.05) is 26.8 Å². The summed E-state index contributed by atoms with van der Waals surface area (Å²) in [5.41, 5.74) is 0.237. The zero-order valence-electron chi connectivity index (χ0n) is 33.0. The average molecular weight is 754 g/mol. The second kappa shape index (κ2) is 20.0. The Balaban J connectivity index is 1.85. The van der Waals surface area contributed by atoms with Crippen molar-refractivity contribution in [3.8, 4) is 5.75 Å². The Hall–Kier alpha value is -3.92. The minimum atomic E-state index is -1.80. The van der Waals surface area contributed by atoms with Crippen molar-refractivity contribution >= 4 is 52.6 Å². The van der Waals surface area contributed by atoms with Crippen LogP contribution in [0.5, 0.6) is 5.75 Å². The highest BCUT2D eigenvalue weighted by atomic mass is 35.5. The summed E-state index contributed by atoms with van der Waals surface area (Å²) in [7, 11) is 0. The van der Waals surface area contributed by atoms with Crippen molar-refractivity contribution in [2.75, 3.05) is 10.6 Å². The first-order valence-electron chi connectivity index (χ1n) is 19.5. The van der Waals surface area contributed by atoms with E-state index in [0.29, 0.717) is 35.6 Å². The summed E-state index contributed by atoms with van der Waals surface area (Å²) in [4.78, 5) is 69.1. The van der Waals surface area contributed by atoms with Crippen LogP contribution < -0.4 is 15.4 Å². The number of hydrogen-bond acceptors (Lipinski definition) is 7. The van der Waals surface area contributed by atoms with Gasteiger partial charge in [-0.05, 0) is 80.3 Å². The molecule has 1 saturated heterocycles. The number of hydrogen-bond donors (Lipinski definition) is 2. The lowest BCUT2D eigenvalue weighted by atomic mass is 9.84. The monoisotopic (exact) mass is 753 g/mol. The molecule has 0 radical (unpaired) electrons. The Labute approximate surface area is 321 Å². The molecule has 53 heavy (non-hydrogen) atoms. The fourth-order valence-electron chi connectivity index (χ4n) is 6.64. The number of benzene rings is 2. The third-order valence-electron chi connectivity index (χ3n) is 9.56. The molecular weight excluding hydrogens is 694 g/mol. The van der Waals surface area contributed by atoms with Gasteiger partial charge in [-0.3, -0.25) is 19.2 Å². The summed E-state index contributed by atoms with van der Waals surface area (Å²) in [5, 5.41) is 5.65. The van der Waals surface area contributed by atoms with Gasteiger partial charge in [0, 0.05) is 11.1 Å². The van der Waals surface area contributed by atoms with Crippen molar-refractivity contribution in [2.45, 2.75) is 157 Å². The van der Waals surface area contributed by atoms with Crippen molar-refractivity contribution in [1.29, 1.82) is 0 Å². The molecule has 2 atom stereocenters. The van der Waals surface area contributed by atoms with E-state index in [1.54, 1.807) is 26.8 Å². The molecule has 4 amide bonds. The van der Waals surface area contributed by atoms with Gasteiger partial charge < -0.3 is 20.1 Å². The van der Waals surface area contributed by atoms with Crippen LogP contribution in [0.3, 0.4) is 0 Å². The first kappa shape index (κ1) is 43.5. The number of amides is 4. The molecule has 11 heteroatoms. The highest BCUT2D eigenvalue weighted by Gasteiger charge is 2.58. The number of aryl methyl sites for hydroxylation is 2. The normalized spacial score (nSPS) is 15.2. The zero-order chi connectivity index (χ0) is 39.3. The van der Waals surface area contributed by atoms with Crippen LogP contribution in [0.25, 0.3) is 0 Å². The van der Waals surface area contributed by atoms with Crippen molar-refractivity contribution < 1.29 is 33.4 Å². The summed E-state index contributed by atoms with van der Waals surface area (Å²) in [5.74, 6) is -1.96. The van der Waals surface area contributed by atoms with Gasteiger partial charge in [0.05, 0.1) is 10.7 Å². The number of ketones is 1. The van der Waals surface area contributed by atoms with Crippen LogP contribution in [0, 0.1) is 5.41 Å². The summed E-state index contributed by atoms with van der Waals surface area (Å²) in [6.45, 7) is 14.8. The van der Waals surface area contributed by atoms with E-state index >= 15 is 0 Å². The van der Waals surface area contributed by atoms with Crippen LogP contribution in [0.4, 0.5) is 16.2 Å². The number of nitrogens with zero attached hydrogens (tertiary/aromatic N) is 1. The predicted molar refractivity (Wildman–Crippen MR) is 210 cm³/mol. The first-order chi connectivity index (χ1) is 25.2. The molecule has 1 fully saturated rings. The van der Waals surface area contributed by atoms with Crippen LogP contribution in [-0.2, 0) is 36.8 Å². The Kier molecular flexibility index (Phi) is 16.4. The van der Waals surface area contributed by atoms with Gasteiger partial charge >= 0.3 is 6.09 Å². The van der Waals surface area contributed by atoms with Gasteiger partial charge in [-0.1, -0.05) is 118 Å². The molecule has 292 valence electrons. The van der Waals surface area contributed by atoms with Crippen molar-refractivity contribution in [3.63, 3.8) is 0 Å². The molecule has 3 rings (SSSR count). The molecule has 1 aliphatic rings. The van der Waals surface area contributed by atoms with E-state index in [1.165, 1.54) is 24.1 Å². The van der Waals surface area contributed by atoms with Crippen LogP contribution in [0.2, 0.25) is 5.02 Å². The molecule has 1 heterocycles. The molecule has 2 aromatic rings. The third-order valence-corrected chi connectivity index (χ3v) is 9.89. The Morgan fingerprint density at radius 2 is 1.47 bits per heavy atom. The van der Waals surface area contributed by atoms with Crippen LogP contribution in [-0.4, -0.2) is 52.2 Å². The van der Waals surface area contributed by atoms with Gasteiger partial charge in [0.1, 0.15) is 5.75 Å². The highest BCUT2D eigenvalue weighted by Crippen LogP contribution is 2.37. The minimum absolute atomic E-state index is 0.0837. The molecule has 0 aliphatic carbocycles. The molecule has 10 nitrogen and oxygen atoms in total. The summed E-state index contributed by atoms with van der Waals surface area (Å²) < 4.78 is 12.0. The van der Waals surface area contributed by atoms with Crippen LogP contribution in [0.1, 0.15) is 137 Å². The number of halogens is 1. The Morgan fingerprint density at radius 1 is 0.830 bits per heavy atom. The van der Waals surface area contributed by atoms with Gasteiger partial charge in [-0.2, -0.15) is 0 Å². The maximum absolute atomic E-state index is 14.0. The third kappa shape index (κ3) is 11.3. The number of Topliss-reactive ketones (excluding diaryl/α,β-unsaturated/α-hetero) is 1. The van der Waals surface area contributed by atoms with E-state index in [2.05, 4.69) is 36.6 Å². The Bertz CT molecular complexity index is 1600. The average Bonchev–Trinajstić information content (AvgIpc) is 3.33. The minimum Gasteiger partial charge on any atom is -0.480 e. The number of imide groups is 1. The number of anilines is 2. The van der Waals surface area contributed by atoms with Gasteiger partial charge in [-0.15, -0.1) is 0 Å². The fourth-order valence-corrected chi connectivity index (χ4v) is 6.80. The molecule has 2 unspecified atom stereocenters. The summed E-state index contributed by atoms with van der Waals surface area (Å²) in [6, 6.07) is 9.01. The number of cyclic esters (lactones) is 1. The number of nitrogens with one attached hydrogen (secondary N) is 2. The molecule has 0 saturated carbocycles. The maximum atomic E-state index is 14.0. The standard InChI is InChI=1S/C42H60ClN3O7/c1-9-14-16-18-28-20-23-34(29(26-28)19-17-15-10-2)52-33(13-5)37(48)44-30-21-22-31(43)32(27-30)45-38(49)35(36(47)41(6,7)8)46-39(50)42(24-11-3,25-12-4)53-40(46)51/h20-23,26-27,33,35H,9-19,24-25H2,1-8H3,(H,44,48)(H,45,49). The number of carbonyl (C=O) groups is 5. The molecule has 0 bridgehead atoms. The summed E-state index contributed by atoms with van der Waals surface area (Å²) >= 11 is 6.51. The quantitative estimate of drug-likeness (QED) is 0.0959. The molecule has 2 aromatic carbocycles.